The Morgan fingerprint density at radius 2 is 2.04 bits per heavy atom. The maximum absolute atomic E-state index is 12.8. The average molecular weight is 381 g/mol. The van der Waals surface area contributed by atoms with E-state index in [4.69, 9.17) is 5.73 Å². The molecule has 4 N–H and O–H groups in total. The minimum Gasteiger partial charge on any atom is -0.352 e. The van der Waals surface area contributed by atoms with Crippen LogP contribution in [0.5, 0.6) is 0 Å². The number of urea groups is 1. The number of aryl methyl sites for hydroxylation is 1. The molecule has 144 valence electrons. The van der Waals surface area contributed by atoms with Gasteiger partial charge in [0.05, 0.1) is 12.5 Å². The van der Waals surface area contributed by atoms with Crippen molar-refractivity contribution in [2.45, 2.75) is 38.6 Å². The fraction of sp³-hybridized carbons (Fsp3) is 0.579. The minimum absolute atomic E-state index is 0. The number of nitrogens with zero attached hydrogens (tertiary/aromatic N) is 1. The highest BCUT2D eigenvalue weighted by Gasteiger charge is 2.38. The van der Waals surface area contributed by atoms with Gasteiger partial charge in [0.2, 0.25) is 5.91 Å². The molecule has 1 unspecified atom stereocenters. The van der Waals surface area contributed by atoms with Crippen LogP contribution >= 0.6 is 12.4 Å². The number of likely N-dealkylation sites (tertiary alicyclic amines) is 1. The summed E-state index contributed by atoms with van der Waals surface area (Å²) in [7, 11) is 0. The van der Waals surface area contributed by atoms with Crippen molar-refractivity contribution in [3.8, 4) is 0 Å². The van der Waals surface area contributed by atoms with Gasteiger partial charge in [-0.3, -0.25) is 4.79 Å². The smallest absolute Gasteiger partial charge is 0.312 e. The van der Waals surface area contributed by atoms with Gasteiger partial charge in [-0.1, -0.05) is 29.8 Å². The Morgan fingerprint density at radius 3 is 2.62 bits per heavy atom. The van der Waals surface area contributed by atoms with Crippen LogP contribution in [-0.2, 0) is 4.79 Å². The molecule has 0 radical (unpaired) electrons. The third-order valence-corrected chi connectivity index (χ3v) is 5.65. The van der Waals surface area contributed by atoms with Crippen molar-refractivity contribution in [1.82, 2.24) is 15.5 Å². The predicted molar refractivity (Wildman–Crippen MR) is 104 cm³/mol. The highest BCUT2D eigenvalue weighted by molar-refractivity contribution is 5.85. The third-order valence-electron chi connectivity index (χ3n) is 5.65. The summed E-state index contributed by atoms with van der Waals surface area (Å²) in [6, 6.07) is 6.86. The number of hydrogen-bond donors (Lipinski definition) is 3. The minimum atomic E-state index is -0.603. The van der Waals surface area contributed by atoms with E-state index in [0.29, 0.717) is 5.41 Å². The van der Waals surface area contributed by atoms with Crippen LogP contribution in [0.1, 0.15) is 42.9 Å². The van der Waals surface area contributed by atoms with Gasteiger partial charge < -0.3 is 21.3 Å². The van der Waals surface area contributed by atoms with Crippen LogP contribution in [0.2, 0.25) is 0 Å². The first kappa shape index (κ1) is 20.5. The molecule has 6 nitrogen and oxygen atoms in total. The lowest BCUT2D eigenvalue weighted by Gasteiger charge is -2.39. The van der Waals surface area contributed by atoms with Crippen LogP contribution in [0.15, 0.2) is 24.3 Å². The number of amides is 3. The molecule has 1 atom stereocenters. The molecular formula is C19H29ClN4O2. The summed E-state index contributed by atoms with van der Waals surface area (Å²) in [5.74, 6) is 0.0843. The fourth-order valence-corrected chi connectivity index (χ4v) is 4.07. The van der Waals surface area contributed by atoms with E-state index in [1.165, 1.54) is 6.42 Å². The van der Waals surface area contributed by atoms with Gasteiger partial charge in [0.25, 0.3) is 0 Å². The number of rotatable bonds is 4. The normalized spacial score (nSPS) is 19.7. The molecule has 1 aromatic carbocycles. The first-order valence-electron chi connectivity index (χ1n) is 9.08. The van der Waals surface area contributed by atoms with E-state index in [-0.39, 0.29) is 30.8 Å². The van der Waals surface area contributed by atoms with E-state index in [1.54, 1.807) is 0 Å². The fourth-order valence-electron chi connectivity index (χ4n) is 4.07. The van der Waals surface area contributed by atoms with Gasteiger partial charge in [-0.15, -0.1) is 12.4 Å². The molecule has 3 rings (SSSR count). The van der Waals surface area contributed by atoms with E-state index in [2.05, 4.69) is 10.6 Å². The molecule has 1 aromatic rings. The number of hydrogen-bond acceptors (Lipinski definition) is 3. The number of nitrogens with one attached hydrogen (secondary N) is 2. The Bertz CT molecular complexity index is 636. The number of halogens is 1. The summed E-state index contributed by atoms with van der Waals surface area (Å²) in [6.07, 6.45) is 3.58. The van der Waals surface area contributed by atoms with Gasteiger partial charge in [0.15, 0.2) is 0 Å². The number of benzene rings is 1. The number of primary amides is 1. The summed E-state index contributed by atoms with van der Waals surface area (Å²) in [6.45, 7) is 5.76. The number of piperidine rings is 1. The van der Waals surface area contributed by atoms with Gasteiger partial charge in [-0.05, 0) is 43.7 Å². The van der Waals surface area contributed by atoms with Gasteiger partial charge in [-0.2, -0.15) is 0 Å². The molecule has 0 aliphatic carbocycles. The lowest BCUT2D eigenvalue weighted by molar-refractivity contribution is -0.133. The molecule has 2 fully saturated rings. The molecule has 2 heterocycles. The second kappa shape index (κ2) is 8.73. The molecule has 1 spiro atoms. The largest absolute Gasteiger partial charge is 0.352 e. The van der Waals surface area contributed by atoms with E-state index in [1.807, 2.05) is 36.1 Å². The second-order valence-electron chi connectivity index (χ2n) is 7.49. The molecule has 0 saturated carbocycles. The number of carbonyl (C=O) groups excluding carboxylic acids is 2. The Morgan fingerprint density at radius 1 is 1.31 bits per heavy atom. The standard InChI is InChI=1S/C19H28N4O2.ClH/c1-14-3-2-4-15(11-14)16(22-18(20)25)12-17(24)23-9-6-19(7-10-23)5-8-21-13-19;/h2-4,11,16,21H,5-10,12-13H2,1H3,(H3,20,22,25);1H. The Labute approximate surface area is 161 Å². The Hall–Kier alpha value is -1.79. The van der Waals surface area contributed by atoms with Crippen molar-refractivity contribution in [1.29, 1.82) is 0 Å². The third kappa shape index (κ3) is 4.89. The van der Waals surface area contributed by atoms with Crippen molar-refractivity contribution in [3.05, 3.63) is 35.4 Å². The van der Waals surface area contributed by atoms with Crippen molar-refractivity contribution >= 4 is 24.3 Å². The quantitative estimate of drug-likeness (QED) is 0.747. The van der Waals surface area contributed by atoms with Gasteiger partial charge in [-0.25, -0.2) is 4.79 Å². The zero-order valence-electron chi connectivity index (χ0n) is 15.3. The molecule has 0 bridgehead atoms. The summed E-state index contributed by atoms with van der Waals surface area (Å²) in [5, 5.41) is 6.17. The van der Waals surface area contributed by atoms with Crippen LogP contribution in [0, 0.1) is 12.3 Å². The molecule has 7 heteroatoms. The zero-order chi connectivity index (χ0) is 17.9. The van der Waals surface area contributed by atoms with Crippen molar-refractivity contribution < 1.29 is 9.59 Å². The zero-order valence-corrected chi connectivity index (χ0v) is 16.1. The highest BCUT2D eigenvalue weighted by atomic mass is 35.5. The van der Waals surface area contributed by atoms with E-state index < -0.39 is 6.03 Å². The van der Waals surface area contributed by atoms with Crippen LogP contribution in [-0.4, -0.2) is 43.0 Å². The maximum Gasteiger partial charge on any atom is 0.312 e. The highest BCUT2D eigenvalue weighted by Crippen LogP contribution is 2.37. The molecular weight excluding hydrogens is 352 g/mol. The molecule has 2 aliphatic heterocycles. The van der Waals surface area contributed by atoms with Gasteiger partial charge >= 0.3 is 6.03 Å². The lowest BCUT2D eigenvalue weighted by Crippen LogP contribution is -2.45. The SMILES string of the molecule is Cc1cccc(C(CC(=O)N2CCC3(CCNC3)CC2)NC(N)=O)c1.Cl. The second-order valence-corrected chi connectivity index (χ2v) is 7.49. The monoisotopic (exact) mass is 380 g/mol. The maximum atomic E-state index is 12.8. The molecule has 26 heavy (non-hydrogen) atoms. The summed E-state index contributed by atoms with van der Waals surface area (Å²) < 4.78 is 0. The molecule has 3 amide bonds. The molecule has 0 aromatic heterocycles. The topological polar surface area (TPSA) is 87.5 Å². The van der Waals surface area contributed by atoms with Gasteiger partial charge in [0.1, 0.15) is 0 Å². The predicted octanol–water partition coefficient (Wildman–Crippen LogP) is 2.12. The first-order chi connectivity index (χ1) is 12.0. The van der Waals surface area contributed by atoms with E-state index >= 15 is 0 Å². The lowest BCUT2D eigenvalue weighted by atomic mass is 9.78. The van der Waals surface area contributed by atoms with Crippen molar-refractivity contribution in [2.75, 3.05) is 26.2 Å². The number of carbonyl (C=O) groups is 2. The van der Waals surface area contributed by atoms with Crippen molar-refractivity contribution in [3.63, 3.8) is 0 Å². The van der Waals surface area contributed by atoms with Crippen LogP contribution in [0.4, 0.5) is 4.79 Å². The van der Waals surface area contributed by atoms with E-state index in [0.717, 1.165) is 50.1 Å². The Balaban J connectivity index is 0.00000243. The summed E-state index contributed by atoms with van der Waals surface area (Å²) in [5.41, 5.74) is 7.72. The molecule has 2 saturated heterocycles. The average Bonchev–Trinajstić information content (AvgIpc) is 3.02. The summed E-state index contributed by atoms with van der Waals surface area (Å²) in [4.78, 5) is 26.1. The number of nitrogens with two attached hydrogens (primary N) is 1. The Kier molecular flexibility index (Phi) is 6.89. The van der Waals surface area contributed by atoms with Crippen LogP contribution in [0.25, 0.3) is 0 Å². The first-order valence-corrected chi connectivity index (χ1v) is 9.08. The van der Waals surface area contributed by atoms with Crippen LogP contribution < -0.4 is 16.4 Å². The van der Waals surface area contributed by atoms with Crippen LogP contribution in [0.3, 0.4) is 0 Å². The summed E-state index contributed by atoms with van der Waals surface area (Å²) >= 11 is 0. The van der Waals surface area contributed by atoms with Gasteiger partial charge in [0, 0.05) is 19.6 Å². The molecule has 2 aliphatic rings. The van der Waals surface area contributed by atoms with E-state index in [9.17, 15) is 9.59 Å². The van der Waals surface area contributed by atoms with Crippen molar-refractivity contribution in [2.24, 2.45) is 11.1 Å².